The van der Waals surface area contributed by atoms with Gasteiger partial charge in [-0.15, -0.1) is 11.3 Å². The predicted octanol–water partition coefficient (Wildman–Crippen LogP) is 2.51. The second kappa shape index (κ2) is 9.05. The lowest BCUT2D eigenvalue weighted by Crippen LogP contribution is -2.39. The lowest BCUT2D eigenvalue weighted by atomic mass is 10.4. The van der Waals surface area contributed by atoms with E-state index in [1.807, 2.05) is 31.3 Å². The van der Waals surface area contributed by atoms with E-state index in [-0.39, 0.29) is 12.5 Å². The van der Waals surface area contributed by atoms with Gasteiger partial charge in [0.15, 0.2) is 5.96 Å². The van der Waals surface area contributed by atoms with Gasteiger partial charge in [0.2, 0.25) is 5.91 Å². The number of hydrogen-bond acceptors (Lipinski definition) is 3. The average Bonchev–Trinajstić information content (AvgIpc) is 3.16. The molecule has 2 rings (SSSR count). The minimum Gasteiger partial charge on any atom is -0.352 e. The topological polar surface area (TPSA) is 52.9 Å². The minimum atomic E-state index is -0.0227. The zero-order valence-corrected chi connectivity index (χ0v) is 17.4. The number of carbonyl (C=O) groups is 1. The molecular formula is C17H24BrN5OS. The van der Waals surface area contributed by atoms with Crippen LogP contribution in [0, 0.1) is 0 Å². The van der Waals surface area contributed by atoms with Crippen molar-refractivity contribution in [1.29, 1.82) is 0 Å². The SMILES string of the molecule is CN(C)C(=O)CN=C(NCc1cccs1)N(C)Cc1cc(Br)cn1C. The lowest BCUT2D eigenvalue weighted by Gasteiger charge is -2.23. The summed E-state index contributed by atoms with van der Waals surface area (Å²) in [5, 5.41) is 5.41. The molecule has 25 heavy (non-hydrogen) atoms. The fourth-order valence-electron chi connectivity index (χ4n) is 2.22. The van der Waals surface area contributed by atoms with E-state index in [1.165, 1.54) is 4.88 Å². The molecule has 0 aliphatic rings. The van der Waals surface area contributed by atoms with E-state index in [1.54, 1.807) is 30.3 Å². The third kappa shape index (κ3) is 5.89. The summed E-state index contributed by atoms with van der Waals surface area (Å²) in [5.74, 6) is 0.686. The summed E-state index contributed by atoms with van der Waals surface area (Å²) in [4.78, 5) is 21.2. The van der Waals surface area contributed by atoms with Crippen LogP contribution < -0.4 is 5.32 Å². The lowest BCUT2D eigenvalue weighted by molar-refractivity contribution is -0.127. The first-order valence-corrected chi connectivity index (χ1v) is 9.57. The molecule has 0 spiro atoms. The number of nitrogens with one attached hydrogen (secondary N) is 1. The number of rotatable bonds is 6. The number of carbonyl (C=O) groups excluding carboxylic acids is 1. The van der Waals surface area contributed by atoms with Crippen LogP contribution in [0.15, 0.2) is 39.2 Å². The molecule has 0 bridgehead atoms. The molecule has 0 saturated carbocycles. The van der Waals surface area contributed by atoms with Crippen molar-refractivity contribution in [1.82, 2.24) is 19.7 Å². The van der Waals surface area contributed by atoms with Crippen LogP contribution in [0.25, 0.3) is 0 Å². The Hall–Kier alpha value is -1.80. The Balaban J connectivity index is 2.09. The zero-order valence-electron chi connectivity index (χ0n) is 15.0. The average molecular weight is 426 g/mol. The Labute approximate surface area is 161 Å². The number of hydrogen-bond donors (Lipinski definition) is 1. The first kappa shape index (κ1) is 19.5. The molecule has 2 aromatic rings. The zero-order chi connectivity index (χ0) is 18.4. The molecule has 0 saturated heterocycles. The molecule has 0 aliphatic carbocycles. The van der Waals surface area contributed by atoms with Crippen LogP contribution in [0.2, 0.25) is 0 Å². The highest BCUT2D eigenvalue weighted by Crippen LogP contribution is 2.15. The number of amides is 1. The molecule has 1 amide bonds. The van der Waals surface area contributed by atoms with Gasteiger partial charge in [-0.3, -0.25) is 4.79 Å². The molecule has 0 fully saturated rings. The summed E-state index contributed by atoms with van der Waals surface area (Å²) in [5.41, 5.74) is 1.15. The van der Waals surface area contributed by atoms with Crippen molar-refractivity contribution in [3.05, 3.63) is 44.8 Å². The molecule has 0 unspecified atom stereocenters. The molecule has 0 aromatic carbocycles. The summed E-state index contributed by atoms with van der Waals surface area (Å²) in [6.45, 7) is 1.50. The van der Waals surface area contributed by atoms with E-state index in [4.69, 9.17) is 0 Å². The van der Waals surface area contributed by atoms with Gasteiger partial charge < -0.3 is 19.7 Å². The number of aliphatic imine (C=N–C) groups is 1. The van der Waals surface area contributed by atoms with E-state index in [9.17, 15) is 4.79 Å². The van der Waals surface area contributed by atoms with Gasteiger partial charge in [0.25, 0.3) is 0 Å². The number of aromatic nitrogens is 1. The second-order valence-electron chi connectivity index (χ2n) is 5.98. The van der Waals surface area contributed by atoms with Gasteiger partial charge in [-0.25, -0.2) is 4.99 Å². The van der Waals surface area contributed by atoms with Crippen molar-refractivity contribution in [3.8, 4) is 0 Å². The van der Waals surface area contributed by atoms with Crippen molar-refractivity contribution < 1.29 is 4.79 Å². The van der Waals surface area contributed by atoms with Crippen LogP contribution in [-0.2, 0) is 24.9 Å². The number of likely N-dealkylation sites (N-methyl/N-ethyl adjacent to an activating group) is 1. The highest BCUT2D eigenvalue weighted by atomic mass is 79.9. The normalized spacial score (nSPS) is 11.5. The van der Waals surface area contributed by atoms with Crippen molar-refractivity contribution >= 4 is 39.1 Å². The van der Waals surface area contributed by atoms with Gasteiger partial charge in [0.05, 0.1) is 13.1 Å². The van der Waals surface area contributed by atoms with E-state index in [0.717, 1.165) is 10.2 Å². The van der Waals surface area contributed by atoms with Crippen LogP contribution in [0.4, 0.5) is 0 Å². The molecule has 2 heterocycles. The molecular weight excluding hydrogens is 402 g/mol. The fraction of sp³-hybridized carbons (Fsp3) is 0.412. The number of aryl methyl sites for hydroxylation is 1. The van der Waals surface area contributed by atoms with Crippen LogP contribution in [0.3, 0.4) is 0 Å². The van der Waals surface area contributed by atoms with E-state index < -0.39 is 0 Å². The van der Waals surface area contributed by atoms with E-state index in [0.29, 0.717) is 19.0 Å². The summed E-state index contributed by atoms with van der Waals surface area (Å²) in [6.07, 6.45) is 2.02. The largest absolute Gasteiger partial charge is 0.352 e. The quantitative estimate of drug-likeness (QED) is 0.571. The van der Waals surface area contributed by atoms with Crippen molar-refractivity contribution in [2.24, 2.45) is 12.0 Å². The third-order valence-corrected chi connectivity index (χ3v) is 5.01. The van der Waals surface area contributed by atoms with Gasteiger partial charge in [0, 0.05) is 49.4 Å². The molecule has 2 aromatic heterocycles. The van der Waals surface area contributed by atoms with Gasteiger partial charge in [-0.2, -0.15) is 0 Å². The van der Waals surface area contributed by atoms with Crippen molar-refractivity contribution in [2.45, 2.75) is 13.1 Å². The molecule has 6 nitrogen and oxygen atoms in total. The van der Waals surface area contributed by atoms with Crippen molar-refractivity contribution in [2.75, 3.05) is 27.7 Å². The van der Waals surface area contributed by atoms with Gasteiger partial charge in [-0.05, 0) is 33.4 Å². The first-order valence-electron chi connectivity index (χ1n) is 7.89. The van der Waals surface area contributed by atoms with Gasteiger partial charge in [-0.1, -0.05) is 6.07 Å². The Kier molecular flexibility index (Phi) is 7.07. The number of guanidine groups is 1. The van der Waals surface area contributed by atoms with Crippen LogP contribution in [0.1, 0.15) is 10.6 Å². The van der Waals surface area contributed by atoms with Crippen LogP contribution in [0.5, 0.6) is 0 Å². The monoisotopic (exact) mass is 425 g/mol. The van der Waals surface area contributed by atoms with E-state index >= 15 is 0 Å². The maximum Gasteiger partial charge on any atom is 0.243 e. The Morgan fingerprint density at radius 1 is 1.40 bits per heavy atom. The van der Waals surface area contributed by atoms with E-state index in [2.05, 4.69) is 48.3 Å². The summed E-state index contributed by atoms with van der Waals surface area (Å²) < 4.78 is 3.12. The molecule has 8 heteroatoms. The highest BCUT2D eigenvalue weighted by Gasteiger charge is 2.12. The predicted molar refractivity (Wildman–Crippen MR) is 107 cm³/mol. The number of thiophene rings is 1. The molecule has 0 atom stereocenters. The smallest absolute Gasteiger partial charge is 0.243 e. The first-order chi connectivity index (χ1) is 11.9. The third-order valence-electron chi connectivity index (χ3n) is 3.70. The molecule has 1 N–H and O–H groups in total. The maximum atomic E-state index is 11.9. The summed E-state index contributed by atoms with van der Waals surface area (Å²) in [7, 11) is 7.46. The fourth-order valence-corrected chi connectivity index (χ4v) is 3.43. The molecule has 0 radical (unpaired) electrons. The van der Waals surface area contributed by atoms with Crippen molar-refractivity contribution in [3.63, 3.8) is 0 Å². The summed E-state index contributed by atoms with van der Waals surface area (Å²) in [6, 6.07) is 6.19. The van der Waals surface area contributed by atoms with Gasteiger partial charge >= 0.3 is 0 Å². The second-order valence-corrected chi connectivity index (χ2v) is 7.93. The molecule has 136 valence electrons. The number of nitrogens with zero attached hydrogens (tertiary/aromatic N) is 4. The van der Waals surface area contributed by atoms with Crippen LogP contribution in [-0.4, -0.2) is 53.9 Å². The summed E-state index contributed by atoms with van der Waals surface area (Å²) >= 11 is 5.19. The molecule has 0 aliphatic heterocycles. The highest BCUT2D eigenvalue weighted by molar-refractivity contribution is 9.10. The Morgan fingerprint density at radius 2 is 2.16 bits per heavy atom. The Bertz CT molecular complexity index is 723. The minimum absolute atomic E-state index is 0.0227. The number of halogens is 1. The maximum absolute atomic E-state index is 11.9. The van der Waals surface area contributed by atoms with Crippen LogP contribution >= 0.6 is 27.3 Å². The van der Waals surface area contributed by atoms with Gasteiger partial charge in [0.1, 0.15) is 6.54 Å². The standard InChI is InChI=1S/C17H24BrN5OS/c1-21(2)16(24)10-20-17(19-9-15-6-5-7-25-15)23(4)12-14-8-13(18)11-22(14)3/h5-8,11H,9-10,12H2,1-4H3,(H,19,20). The Morgan fingerprint density at radius 3 is 2.72 bits per heavy atom.